The number of nitrogens with two attached hydrogens (primary N) is 1. The Labute approximate surface area is 116 Å². The molecule has 0 atom stereocenters. The number of anilines is 2. The number of nitrogens with zero attached hydrogens (tertiary/aromatic N) is 1. The van der Waals surface area contributed by atoms with Crippen molar-refractivity contribution in [2.45, 2.75) is 25.8 Å². The zero-order chi connectivity index (χ0) is 14.3. The van der Waals surface area contributed by atoms with E-state index in [1.54, 1.807) is 31.3 Å². The van der Waals surface area contributed by atoms with E-state index in [4.69, 9.17) is 5.73 Å². The van der Waals surface area contributed by atoms with Crippen LogP contribution in [0.1, 0.15) is 34.9 Å². The van der Waals surface area contributed by atoms with Gasteiger partial charge in [0.05, 0.1) is 5.69 Å². The van der Waals surface area contributed by atoms with Gasteiger partial charge in [-0.1, -0.05) is 0 Å². The second-order valence-electron chi connectivity index (χ2n) is 5.22. The van der Waals surface area contributed by atoms with Crippen LogP contribution in [-0.2, 0) is 0 Å². The van der Waals surface area contributed by atoms with E-state index < -0.39 is 0 Å². The van der Waals surface area contributed by atoms with Gasteiger partial charge in [0, 0.05) is 17.9 Å². The Hall–Kier alpha value is -2.30. The molecule has 2 aromatic rings. The number of hydrogen-bond acceptors (Lipinski definition) is 2. The van der Waals surface area contributed by atoms with Crippen molar-refractivity contribution in [1.29, 1.82) is 0 Å². The molecular formula is C15H16FN3O. The van der Waals surface area contributed by atoms with Crippen LogP contribution < -0.4 is 11.1 Å². The van der Waals surface area contributed by atoms with Gasteiger partial charge in [-0.05, 0) is 49.6 Å². The summed E-state index contributed by atoms with van der Waals surface area (Å²) >= 11 is 0. The summed E-state index contributed by atoms with van der Waals surface area (Å²) in [5, 5.41) is 2.78. The molecule has 1 aromatic heterocycles. The number of hydrogen-bond donors (Lipinski definition) is 2. The van der Waals surface area contributed by atoms with Crippen LogP contribution in [0.2, 0.25) is 0 Å². The van der Waals surface area contributed by atoms with Crippen molar-refractivity contribution in [2.24, 2.45) is 0 Å². The van der Waals surface area contributed by atoms with Crippen molar-refractivity contribution in [3.63, 3.8) is 0 Å². The topological polar surface area (TPSA) is 60.1 Å². The molecule has 20 heavy (non-hydrogen) atoms. The molecule has 0 saturated heterocycles. The number of benzene rings is 1. The van der Waals surface area contributed by atoms with E-state index >= 15 is 0 Å². The Morgan fingerprint density at radius 3 is 2.80 bits per heavy atom. The first-order valence-corrected chi connectivity index (χ1v) is 6.59. The molecule has 3 rings (SSSR count). The number of carbonyl (C=O) groups is 1. The fourth-order valence-electron chi connectivity index (χ4n) is 2.26. The van der Waals surface area contributed by atoms with Crippen molar-refractivity contribution in [1.82, 2.24) is 4.57 Å². The summed E-state index contributed by atoms with van der Waals surface area (Å²) in [6.07, 6.45) is 3.94. The number of nitrogens with one attached hydrogen (secondary N) is 1. The lowest BCUT2D eigenvalue weighted by Crippen LogP contribution is -2.16. The number of aromatic nitrogens is 1. The second-order valence-corrected chi connectivity index (χ2v) is 5.22. The fraction of sp³-hybridized carbons (Fsp3) is 0.267. The molecule has 1 heterocycles. The predicted octanol–water partition coefficient (Wildman–Crippen LogP) is 3.11. The smallest absolute Gasteiger partial charge is 0.272 e. The Balaban J connectivity index is 1.84. The molecule has 1 saturated carbocycles. The average molecular weight is 273 g/mol. The lowest BCUT2D eigenvalue weighted by atomic mass is 10.2. The van der Waals surface area contributed by atoms with Gasteiger partial charge >= 0.3 is 0 Å². The Bertz CT molecular complexity index is 674. The van der Waals surface area contributed by atoms with Crippen LogP contribution in [0.3, 0.4) is 0 Å². The van der Waals surface area contributed by atoms with Gasteiger partial charge in [-0.2, -0.15) is 0 Å². The Kier molecular flexibility index (Phi) is 2.97. The number of halogens is 1. The first-order chi connectivity index (χ1) is 9.54. The van der Waals surface area contributed by atoms with Crippen molar-refractivity contribution < 1.29 is 9.18 Å². The molecule has 0 spiro atoms. The second kappa shape index (κ2) is 4.67. The fourth-order valence-corrected chi connectivity index (χ4v) is 2.26. The normalized spacial score (nSPS) is 14.3. The monoisotopic (exact) mass is 273 g/mol. The highest BCUT2D eigenvalue weighted by Gasteiger charge is 2.27. The predicted molar refractivity (Wildman–Crippen MR) is 76.2 cm³/mol. The minimum atomic E-state index is -0.284. The lowest BCUT2D eigenvalue weighted by Gasteiger charge is -2.09. The van der Waals surface area contributed by atoms with Crippen molar-refractivity contribution in [2.75, 3.05) is 11.1 Å². The van der Waals surface area contributed by atoms with E-state index in [1.807, 2.05) is 4.57 Å². The Morgan fingerprint density at radius 2 is 2.15 bits per heavy atom. The maximum absolute atomic E-state index is 13.2. The van der Waals surface area contributed by atoms with Crippen molar-refractivity contribution >= 4 is 17.3 Å². The van der Waals surface area contributed by atoms with Crippen LogP contribution in [0.15, 0.2) is 30.5 Å². The average Bonchev–Trinajstić information content (AvgIpc) is 3.17. The largest absolute Gasteiger partial charge is 0.397 e. The highest BCUT2D eigenvalue weighted by atomic mass is 19.1. The first-order valence-electron chi connectivity index (χ1n) is 6.59. The summed E-state index contributed by atoms with van der Waals surface area (Å²) < 4.78 is 15.1. The number of amides is 1. The molecular weight excluding hydrogens is 257 g/mol. The number of aryl methyl sites for hydroxylation is 1. The third kappa shape index (κ3) is 2.39. The van der Waals surface area contributed by atoms with E-state index in [2.05, 4.69) is 5.32 Å². The summed E-state index contributed by atoms with van der Waals surface area (Å²) in [6, 6.07) is 6.56. The van der Waals surface area contributed by atoms with Gasteiger partial charge in [0.2, 0.25) is 0 Å². The molecule has 5 heteroatoms. The number of carbonyl (C=O) groups excluding carboxylic acids is 1. The zero-order valence-corrected chi connectivity index (χ0v) is 11.2. The molecule has 0 unspecified atom stereocenters. The third-order valence-electron chi connectivity index (χ3n) is 3.46. The van der Waals surface area contributed by atoms with Crippen LogP contribution in [0.5, 0.6) is 0 Å². The van der Waals surface area contributed by atoms with Gasteiger partial charge in [-0.3, -0.25) is 4.79 Å². The summed E-state index contributed by atoms with van der Waals surface area (Å²) in [6.45, 7) is 1.66. The summed E-state index contributed by atoms with van der Waals surface area (Å²) in [5.41, 5.74) is 7.98. The van der Waals surface area contributed by atoms with Crippen molar-refractivity contribution in [3.8, 4) is 0 Å². The van der Waals surface area contributed by atoms with Gasteiger partial charge in [0.25, 0.3) is 5.91 Å². The van der Waals surface area contributed by atoms with E-state index in [-0.39, 0.29) is 11.7 Å². The highest BCUT2D eigenvalue weighted by molar-refractivity contribution is 6.04. The van der Waals surface area contributed by atoms with E-state index in [0.717, 1.165) is 12.8 Å². The molecule has 0 bridgehead atoms. The minimum absolute atomic E-state index is 0.223. The van der Waals surface area contributed by atoms with Crippen LogP contribution in [0, 0.1) is 12.7 Å². The highest BCUT2D eigenvalue weighted by Crippen LogP contribution is 2.37. The van der Waals surface area contributed by atoms with E-state index in [0.29, 0.717) is 28.7 Å². The van der Waals surface area contributed by atoms with Gasteiger partial charge in [0.1, 0.15) is 11.5 Å². The summed E-state index contributed by atoms with van der Waals surface area (Å²) in [4.78, 5) is 12.3. The molecule has 4 nitrogen and oxygen atoms in total. The molecule has 1 aromatic carbocycles. The van der Waals surface area contributed by atoms with Gasteiger partial charge < -0.3 is 15.6 Å². The molecule has 1 fully saturated rings. The number of rotatable bonds is 3. The van der Waals surface area contributed by atoms with E-state index in [1.165, 1.54) is 6.07 Å². The van der Waals surface area contributed by atoms with Crippen molar-refractivity contribution in [3.05, 3.63) is 47.5 Å². The maximum Gasteiger partial charge on any atom is 0.272 e. The zero-order valence-electron chi connectivity index (χ0n) is 11.2. The third-order valence-corrected chi connectivity index (χ3v) is 3.46. The maximum atomic E-state index is 13.2. The standard InChI is InChI=1S/C15H16FN3O/c1-9-6-11(2-5-13(9)16)18-15(20)14-7-10(17)8-19(14)12-3-4-12/h2,5-8,12H,3-4,17H2,1H3,(H,18,20). The molecule has 1 amide bonds. The van der Waals surface area contributed by atoms with Crippen LogP contribution >= 0.6 is 0 Å². The van der Waals surface area contributed by atoms with Gasteiger partial charge in [-0.25, -0.2) is 4.39 Å². The molecule has 1 aliphatic carbocycles. The van der Waals surface area contributed by atoms with Crippen LogP contribution in [-0.4, -0.2) is 10.5 Å². The molecule has 104 valence electrons. The summed E-state index contributed by atoms with van der Waals surface area (Å²) in [5.74, 6) is -0.506. The van der Waals surface area contributed by atoms with E-state index in [9.17, 15) is 9.18 Å². The van der Waals surface area contributed by atoms with Crippen LogP contribution in [0.25, 0.3) is 0 Å². The SMILES string of the molecule is Cc1cc(NC(=O)c2cc(N)cn2C2CC2)ccc1F. The molecule has 0 aliphatic heterocycles. The summed E-state index contributed by atoms with van der Waals surface area (Å²) in [7, 11) is 0. The van der Waals surface area contributed by atoms with Gasteiger partial charge in [0.15, 0.2) is 0 Å². The quantitative estimate of drug-likeness (QED) is 0.902. The molecule has 0 radical (unpaired) electrons. The number of nitrogen functional groups attached to an aromatic ring is 1. The molecule has 1 aliphatic rings. The lowest BCUT2D eigenvalue weighted by molar-refractivity contribution is 0.101. The first kappa shape index (κ1) is 12.7. The molecule has 3 N–H and O–H groups in total. The van der Waals surface area contributed by atoms with Crippen LogP contribution in [0.4, 0.5) is 15.8 Å². The Morgan fingerprint density at radius 1 is 1.40 bits per heavy atom. The minimum Gasteiger partial charge on any atom is -0.397 e. The van der Waals surface area contributed by atoms with Gasteiger partial charge in [-0.15, -0.1) is 0 Å².